The number of rotatable bonds is 14. The summed E-state index contributed by atoms with van der Waals surface area (Å²) in [6.07, 6.45) is 5.26. The molecule has 5 rings (SSSR count). The molecule has 3 unspecified atom stereocenters. The topological polar surface area (TPSA) is 90.4 Å². The Kier molecular flexibility index (Phi) is 10.3. The Morgan fingerprint density at radius 2 is 1.70 bits per heavy atom. The number of amides is 3. The molecule has 0 saturated carbocycles. The Bertz CT molecular complexity index is 1460. The molecule has 3 heterocycles. The molecule has 1 spiro atoms. The normalized spacial score (nSPS) is 26.2. The number of fused-ring (bicyclic) bond motifs is 1. The fourth-order valence-electron chi connectivity index (χ4n) is 8.04. The van der Waals surface area contributed by atoms with E-state index in [1.165, 1.54) is 0 Å². The molecule has 9 heteroatoms. The van der Waals surface area contributed by atoms with Crippen LogP contribution in [0.2, 0.25) is 0 Å². The first kappa shape index (κ1) is 33.8. The predicted molar refractivity (Wildman–Crippen MR) is 185 cm³/mol. The fourth-order valence-corrected chi connectivity index (χ4v) is 10.4. The number of unbranched alkanes of at least 4 members (excludes halogenated alkanes) is 1. The Balaban J connectivity index is 1.58. The number of ether oxygens (including phenoxy) is 1. The molecule has 1 N–H and O–H groups in total. The molecule has 3 amide bonds. The fraction of sp³-hybridized carbons (Fsp3) is 0.486. The molecule has 0 aromatic heterocycles. The van der Waals surface area contributed by atoms with Gasteiger partial charge in [-0.05, 0) is 81.3 Å². The van der Waals surface area contributed by atoms with Gasteiger partial charge in [0, 0.05) is 42.9 Å². The maximum Gasteiger partial charge on any atom is 0.251 e. The van der Waals surface area contributed by atoms with Crippen LogP contribution in [-0.2, 0) is 14.4 Å². The summed E-state index contributed by atoms with van der Waals surface area (Å²) in [5.74, 6) is -0.846. The van der Waals surface area contributed by atoms with Crippen LogP contribution in [0.5, 0.6) is 5.75 Å². The third-order valence-electron chi connectivity index (χ3n) is 9.90. The summed E-state index contributed by atoms with van der Waals surface area (Å²) in [5, 5.41) is 9.49. The SMILES string of the molecule is C=CCN(C(=O)[C@@H]1[C@@H]2CC(C)C3(S2)C(C(=O)N(CC=C)c2c(C)cccc2C)N(CCCCO)C(=O)[C@H]13)c1ccc(OCC)cc1. The molecule has 3 aliphatic heterocycles. The number of aryl methyl sites for hydroxylation is 2. The van der Waals surface area contributed by atoms with Crippen molar-refractivity contribution >= 4 is 40.9 Å². The zero-order chi connectivity index (χ0) is 33.2. The molecule has 6 atom stereocenters. The van der Waals surface area contributed by atoms with Gasteiger partial charge in [-0.15, -0.1) is 24.9 Å². The number of carbonyl (C=O) groups is 3. The van der Waals surface area contributed by atoms with E-state index in [4.69, 9.17) is 4.74 Å². The maximum absolute atomic E-state index is 15.0. The summed E-state index contributed by atoms with van der Waals surface area (Å²) < 4.78 is 4.86. The third-order valence-corrected chi connectivity index (χ3v) is 12.0. The highest BCUT2D eigenvalue weighted by Gasteiger charge is 2.76. The van der Waals surface area contributed by atoms with Crippen LogP contribution in [0.15, 0.2) is 67.8 Å². The van der Waals surface area contributed by atoms with Gasteiger partial charge in [-0.2, -0.15) is 0 Å². The minimum Gasteiger partial charge on any atom is -0.494 e. The minimum atomic E-state index is -0.757. The molecular weight excluding hydrogens is 598 g/mol. The zero-order valence-electron chi connectivity index (χ0n) is 27.5. The van der Waals surface area contributed by atoms with E-state index in [1.54, 1.807) is 38.6 Å². The molecule has 2 bridgehead atoms. The van der Waals surface area contributed by atoms with Crippen LogP contribution in [0.25, 0.3) is 0 Å². The molecule has 3 fully saturated rings. The number of carbonyl (C=O) groups excluding carboxylic acids is 3. The van der Waals surface area contributed by atoms with Crippen LogP contribution in [0, 0.1) is 31.6 Å². The molecule has 0 radical (unpaired) electrons. The smallest absolute Gasteiger partial charge is 0.251 e. The molecule has 46 heavy (non-hydrogen) atoms. The van der Waals surface area contributed by atoms with Gasteiger partial charge in [-0.3, -0.25) is 14.4 Å². The van der Waals surface area contributed by atoms with E-state index in [0.29, 0.717) is 44.8 Å². The molecule has 0 aliphatic carbocycles. The highest BCUT2D eigenvalue weighted by atomic mass is 32.2. The Morgan fingerprint density at radius 1 is 1.04 bits per heavy atom. The van der Waals surface area contributed by atoms with Gasteiger partial charge in [0.15, 0.2) is 0 Å². The Morgan fingerprint density at radius 3 is 2.30 bits per heavy atom. The summed E-state index contributed by atoms with van der Waals surface area (Å²) >= 11 is 1.68. The van der Waals surface area contributed by atoms with Crippen molar-refractivity contribution in [2.45, 2.75) is 63.0 Å². The second-order valence-corrected chi connectivity index (χ2v) is 14.2. The third kappa shape index (κ3) is 5.66. The van der Waals surface area contributed by atoms with Crippen LogP contribution in [0.4, 0.5) is 11.4 Å². The highest BCUT2D eigenvalue weighted by Crippen LogP contribution is 2.69. The van der Waals surface area contributed by atoms with Crippen molar-refractivity contribution in [1.29, 1.82) is 0 Å². The van der Waals surface area contributed by atoms with E-state index in [9.17, 15) is 14.7 Å². The second-order valence-electron chi connectivity index (χ2n) is 12.7. The quantitative estimate of drug-likeness (QED) is 0.214. The largest absolute Gasteiger partial charge is 0.494 e. The van der Waals surface area contributed by atoms with Crippen molar-refractivity contribution in [3.63, 3.8) is 0 Å². The molecule has 2 aromatic carbocycles. The van der Waals surface area contributed by atoms with Gasteiger partial charge in [0.05, 0.1) is 23.2 Å². The minimum absolute atomic E-state index is 0.00709. The van der Waals surface area contributed by atoms with E-state index in [0.717, 1.165) is 29.0 Å². The second kappa shape index (κ2) is 14.1. The first-order valence-electron chi connectivity index (χ1n) is 16.4. The van der Waals surface area contributed by atoms with Crippen molar-refractivity contribution in [2.24, 2.45) is 17.8 Å². The lowest BCUT2D eigenvalue weighted by Crippen LogP contribution is -2.58. The van der Waals surface area contributed by atoms with Crippen molar-refractivity contribution < 1.29 is 24.2 Å². The standard InChI is InChI=1S/C37H47N3O5S/c1-7-19-38(27-15-17-28(18-16-27)45-9-3)34(42)30-29-23-26(6)37(46-29)31(30)35(43)40(21-10-11-22-41)33(37)36(44)39(20-8-2)32-24(4)13-12-14-25(32)5/h7-8,12-18,26,29-31,33,41H,1-2,9-11,19-23H2,3-6H3/t26?,29-,30+,31-,33?,37?/m0/s1. The number of hydrogen-bond acceptors (Lipinski definition) is 6. The number of aliphatic hydroxyl groups excluding tert-OH is 1. The van der Waals surface area contributed by atoms with E-state index >= 15 is 4.79 Å². The summed E-state index contributed by atoms with van der Waals surface area (Å²) in [6, 6.07) is 12.7. The van der Waals surface area contributed by atoms with Gasteiger partial charge in [0.1, 0.15) is 11.8 Å². The number of likely N-dealkylation sites (tertiary alicyclic amines) is 1. The van der Waals surface area contributed by atoms with Crippen molar-refractivity contribution in [1.82, 2.24) is 4.90 Å². The van der Waals surface area contributed by atoms with Gasteiger partial charge in [0.2, 0.25) is 11.8 Å². The number of benzene rings is 2. The zero-order valence-corrected chi connectivity index (χ0v) is 28.3. The lowest BCUT2D eigenvalue weighted by molar-refractivity contribution is -0.139. The molecular formula is C37H47N3O5S. The van der Waals surface area contributed by atoms with Gasteiger partial charge in [0.25, 0.3) is 5.91 Å². The van der Waals surface area contributed by atoms with Gasteiger partial charge in [-0.25, -0.2) is 0 Å². The molecule has 3 saturated heterocycles. The van der Waals surface area contributed by atoms with Crippen LogP contribution < -0.4 is 14.5 Å². The van der Waals surface area contributed by atoms with Crippen molar-refractivity contribution in [2.75, 3.05) is 42.6 Å². The Labute approximate surface area is 277 Å². The Hall–Kier alpha value is -3.56. The van der Waals surface area contributed by atoms with E-state index < -0.39 is 22.6 Å². The van der Waals surface area contributed by atoms with Crippen molar-refractivity contribution in [3.8, 4) is 5.75 Å². The highest BCUT2D eigenvalue weighted by molar-refractivity contribution is 8.02. The molecule has 2 aromatic rings. The van der Waals surface area contributed by atoms with E-state index in [-0.39, 0.29) is 35.5 Å². The summed E-state index contributed by atoms with van der Waals surface area (Å²) in [4.78, 5) is 49.6. The van der Waals surface area contributed by atoms with Crippen LogP contribution in [0.1, 0.15) is 44.2 Å². The monoisotopic (exact) mass is 645 g/mol. The maximum atomic E-state index is 15.0. The number of para-hydroxylation sites is 1. The van der Waals surface area contributed by atoms with Gasteiger partial charge < -0.3 is 24.5 Å². The summed E-state index contributed by atoms with van der Waals surface area (Å²) in [6.45, 7) is 17.4. The van der Waals surface area contributed by atoms with Crippen LogP contribution in [-0.4, -0.2) is 76.6 Å². The molecule has 8 nitrogen and oxygen atoms in total. The van der Waals surface area contributed by atoms with E-state index in [2.05, 4.69) is 20.1 Å². The lowest BCUT2D eigenvalue weighted by atomic mass is 9.65. The van der Waals surface area contributed by atoms with Gasteiger partial charge in [-0.1, -0.05) is 37.3 Å². The number of nitrogens with zero attached hydrogens (tertiary/aromatic N) is 3. The number of hydrogen-bond donors (Lipinski definition) is 1. The average Bonchev–Trinajstić information content (AvgIpc) is 3.63. The molecule has 246 valence electrons. The van der Waals surface area contributed by atoms with E-state index in [1.807, 2.05) is 63.2 Å². The average molecular weight is 646 g/mol. The number of aliphatic hydroxyl groups is 1. The first-order valence-corrected chi connectivity index (χ1v) is 17.3. The lowest BCUT2D eigenvalue weighted by Gasteiger charge is -2.41. The number of anilines is 2. The number of thioether (sulfide) groups is 1. The van der Waals surface area contributed by atoms with Crippen molar-refractivity contribution in [3.05, 3.63) is 78.9 Å². The predicted octanol–water partition coefficient (Wildman–Crippen LogP) is 5.55. The summed E-state index contributed by atoms with van der Waals surface area (Å²) in [5.41, 5.74) is 3.49. The molecule has 3 aliphatic rings. The van der Waals surface area contributed by atoms with Gasteiger partial charge >= 0.3 is 0 Å². The van der Waals surface area contributed by atoms with Crippen LogP contribution >= 0.6 is 11.8 Å². The first-order chi connectivity index (χ1) is 22.2. The summed E-state index contributed by atoms with van der Waals surface area (Å²) in [7, 11) is 0. The van der Waals surface area contributed by atoms with Crippen LogP contribution in [0.3, 0.4) is 0 Å².